The third kappa shape index (κ3) is 4.61. The fraction of sp³-hybridized carbons (Fsp3) is 0.462. The van der Waals surface area contributed by atoms with Gasteiger partial charge < -0.3 is 10.2 Å². The van der Waals surface area contributed by atoms with Crippen molar-refractivity contribution in [1.29, 1.82) is 0 Å². The summed E-state index contributed by atoms with van der Waals surface area (Å²) in [4.78, 5) is 27.6. The van der Waals surface area contributed by atoms with E-state index in [0.717, 1.165) is 24.0 Å². The van der Waals surface area contributed by atoms with Crippen LogP contribution in [0.25, 0.3) is 0 Å². The zero-order valence-corrected chi connectivity index (χ0v) is 21.1. The Labute approximate surface area is 202 Å². The van der Waals surface area contributed by atoms with Crippen LogP contribution < -0.4 is 10.2 Å². The predicted octanol–water partition coefficient (Wildman–Crippen LogP) is 3.36. The lowest BCUT2D eigenvalue weighted by atomic mass is 9.86. The van der Waals surface area contributed by atoms with Crippen molar-refractivity contribution >= 4 is 27.5 Å². The second-order valence-corrected chi connectivity index (χ2v) is 12.0. The first-order chi connectivity index (χ1) is 16.0. The van der Waals surface area contributed by atoms with Gasteiger partial charge in [0.25, 0.3) is 0 Å². The number of anilines is 1. The van der Waals surface area contributed by atoms with Gasteiger partial charge in [-0.2, -0.15) is 4.31 Å². The minimum atomic E-state index is -3.63. The highest BCUT2D eigenvalue weighted by atomic mass is 32.2. The lowest BCUT2D eigenvalue weighted by Gasteiger charge is -2.29. The summed E-state index contributed by atoms with van der Waals surface area (Å²) in [6, 6.07) is 12.7. The van der Waals surface area contributed by atoms with Gasteiger partial charge in [0.2, 0.25) is 21.8 Å². The second kappa shape index (κ2) is 9.15. The summed E-state index contributed by atoms with van der Waals surface area (Å²) in [5, 5.41) is 2.88. The molecule has 0 bridgehead atoms. The first-order valence-corrected chi connectivity index (χ1v) is 13.2. The molecule has 0 aliphatic carbocycles. The summed E-state index contributed by atoms with van der Waals surface area (Å²) in [6.45, 7) is 8.97. The molecule has 2 aliphatic rings. The highest BCUT2D eigenvalue weighted by Crippen LogP contribution is 2.42. The van der Waals surface area contributed by atoms with Gasteiger partial charge in [0.1, 0.15) is 6.54 Å². The number of piperidine rings is 1. The zero-order chi connectivity index (χ0) is 24.7. The van der Waals surface area contributed by atoms with E-state index in [2.05, 4.69) is 12.2 Å². The zero-order valence-electron chi connectivity index (χ0n) is 20.3. The molecule has 34 heavy (non-hydrogen) atoms. The molecule has 0 atom stereocenters. The number of fused-ring (bicyclic) bond motifs is 1. The largest absolute Gasteiger partial charge is 0.350 e. The Balaban J connectivity index is 1.53. The SMILES string of the molecule is Cc1cccc(CNC(=O)CN2C(=O)C(C)(C)c3cc(S(=O)(=O)N4CCC(C)CC4)ccc32)c1. The molecule has 0 radical (unpaired) electrons. The molecule has 2 aliphatic heterocycles. The average Bonchev–Trinajstić information content (AvgIpc) is 2.98. The standard InChI is InChI=1S/C26H33N3O4S/c1-18-10-12-28(13-11-18)34(32,33)21-8-9-23-22(15-21)26(3,4)25(31)29(23)17-24(30)27-16-20-7-5-6-19(2)14-20/h5-9,14-15,18H,10-13,16-17H2,1-4H3,(H,27,30). The van der Waals surface area contributed by atoms with E-state index in [9.17, 15) is 18.0 Å². The maximum absolute atomic E-state index is 13.3. The number of nitrogens with one attached hydrogen (secondary N) is 1. The fourth-order valence-electron chi connectivity index (χ4n) is 4.73. The molecule has 0 saturated carbocycles. The van der Waals surface area contributed by atoms with Crippen molar-refractivity contribution in [3.8, 4) is 0 Å². The van der Waals surface area contributed by atoms with Crippen molar-refractivity contribution in [2.75, 3.05) is 24.5 Å². The monoisotopic (exact) mass is 483 g/mol. The van der Waals surface area contributed by atoms with Crippen molar-refractivity contribution in [3.63, 3.8) is 0 Å². The molecule has 7 nitrogen and oxygen atoms in total. The van der Waals surface area contributed by atoms with E-state index < -0.39 is 15.4 Å². The van der Waals surface area contributed by atoms with Crippen molar-refractivity contribution in [1.82, 2.24) is 9.62 Å². The molecular formula is C26H33N3O4S. The molecule has 2 heterocycles. The van der Waals surface area contributed by atoms with Gasteiger partial charge in [0.15, 0.2) is 0 Å². The Bertz CT molecular complexity index is 1210. The summed E-state index contributed by atoms with van der Waals surface area (Å²) in [5.41, 5.74) is 2.40. The molecule has 0 unspecified atom stereocenters. The van der Waals surface area contributed by atoms with Gasteiger partial charge in [-0.1, -0.05) is 36.8 Å². The molecule has 2 aromatic carbocycles. The number of nitrogens with zero attached hydrogens (tertiary/aromatic N) is 2. The van der Waals surface area contributed by atoms with Gasteiger partial charge in [-0.05, 0) is 68.9 Å². The number of amides is 2. The van der Waals surface area contributed by atoms with Crippen LogP contribution in [0, 0.1) is 12.8 Å². The Morgan fingerprint density at radius 3 is 2.50 bits per heavy atom. The molecule has 2 aromatic rings. The van der Waals surface area contributed by atoms with E-state index in [4.69, 9.17) is 0 Å². The molecule has 1 saturated heterocycles. The van der Waals surface area contributed by atoms with Gasteiger partial charge in [0.05, 0.1) is 10.3 Å². The molecule has 8 heteroatoms. The van der Waals surface area contributed by atoms with Crippen molar-refractivity contribution in [3.05, 3.63) is 59.2 Å². The Morgan fingerprint density at radius 1 is 1.12 bits per heavy atom. The van der Waals surface area contributed by atoms with Crippen LogP contribution in [0.1, 0.15) is 50.3 Å². The average molecular weight is 484 g/mol. The molecule has 0 spiro atoms. The number of hydrogen-bond donors (Lipinski definition) is 1. The van der Waals surface area contributed by atoms with E-state index in [0.29, 0.717) is 36.8 Å². The number of benzene rings is 2. The summed E-state index contributed by atoms with van der Waals surface area (Å²) < 4.78 is 28.0. The number of sulfonamides is 1. The fourth-order valence-corrected chi connectivity index (χ4v) is 6.22. The van der Waals surface area contributed by atoms with Crippen LogP contribution in [0.4, 0.5) is 5.69 Å². The summed E-state index contributed by atoms with van der Waals surface area (Å²) >= 11 is 0. The Hall–Kier alpha value is -2.71. The van der Waals surface area contributed by atoms with E-state index in [1.54, 1.807) is 32.0 Å². The number of rotatable bonds is 6. The minimum Gasteiger partial charge on any atom is -0.350 e. The molecular weight excluding hydrogens is 450 g/mol. The molecule has 1 fully saturated rings. The van der Waals surface area contributed by atoms with Crippen LogP contribution in [0.5, 0.6) is 0 Å². The van der Waals surface area contributed by atoms with Crippen LogP contribution in [-0.4, -0.2) is 44.2 Å². The van der Waals surface area contributed by atoms with Crippen molar-refractivity contribution < 1.29 is 18.0 Å². The maximum Gasteiger partial charge on any atom is 0.243 e. The first-order valence-electron chi connectivity index (χ1n) is 11.8. The first kappa shape index (κ1) is 24.4. The summed E-state index contributed by atoms with van der Waals surface area (Å²) in [7, 11) is -3.63. The van der Waals surface area contributed by atoms with Crippen LogP contribution in [0.2, 0.25) is 0 Å². The predicted molar refractivity (Wildman–Crippen MR) is 132 cm³/mol. The topological polar surface area (TPSA) is 86.8 Å². The quantitative estimate of drug-likeness (QED) is 0.683. The van der Waals surface area contributed by atoms with Crippen LogP contribution in [-0.2, 0) is 31.6 Å². The van der Waals surface area contributed by atoms with Gasteiger partial charge in [0, 0.05) is 25.3 Å². The Morgan fingerprint density at radius 2 is 1.82 bits per heavy atom. The molecule has 0 aromatic heterocycles. The normalized spacial score (nSPS) is 18.7. The van der Waals surface area contributed by atoms with Gasteiger partial charge in [-0.25, -0.2) is 8.42 Å². The third-order valence-corrected chi connectivity index (χ3v) is 8.86. The van der Waals surface area contributed by atoms with E-state index in [1.165, 1.54) is 9.21 Å². The number of hydrogen-bond acceptors (Lipinski definition) is 4. The summed E-state index contributed by atoms with van der Waals surface area (Å²) in [6.07, 6.45) is 1.69. The number of carbonyl (C=O) groups is 2. The second-order valence-electron chi connectivity index (χ2n) is 10.0. The molecule has 4 rings (SSSR count). The van der Waals surface area contributed by atoms with Gasteiger partial charge in [-0.15, -0.1) is 0 Å². The van der Waals surface area contributed by atoms with E-state index in [1.807, 2.05) is 31.2 Å². The molecule has 1 N–H and O–H groups in total. The van der Waals surface area contributed by atoms with Crippen LogP contribution in [0.15, 0.2) is 47.4 Å². The van der Waals surface area contributed by atoms with Gasteiger partial charge >= 0.3 is 0 Å². The maximum atomic E-state index is 13.3. The van der Waals surface area contributed by atoms with Crippen molar-refractivity contribution in [2.24, 2.45) is 5.92 Å². The highest BCUT2D eigenvalue weighted by molar-refractivity contribution is 7.89. The lowest BCUT2D eigenvalue weighted by Crippen LogP contribution is -2.42. The van der Waals surface area contributed by atoms with Crippen LogP contribution in [0.3, 0.4) is 0 Å². The Kier molecular flexibility index (Phi) is 6.57. The number of aryl methyl sites for hydroxylation is 1. The smallest absolute Gasteiger partial charge is 0.243 e. The van der Waals surface area contributed by atoms with Gasteiger partial charge in [-0.3, -0.25) is 9.59 Å². The van der Waals surface area contributed by atoms with Crippen LogP contribution >= 0.6 is 0 Å². The lowest BCUT2D eigenvalue weighted by molar-refractivity contribution is -0.125. The van der Waals surface area contributed by atoms with E-state index >= 15 is 0 Å². The molecule has 2 amide bonds. The highest BCUT2D eigenvalue weighted by Gasteiger charge is 2.45. The van der Waals surface area contributed by atoms with E-state index in [-0.39, 0.29) is 23.3 Å². The number of carbonyl (C=O) groups excluding carboxylic acids is 2. The molecule has 182 valence electrons. The minimum absolute atomic E-state index is 0.114. The third-order valence-electron chi connectivity index (χ3n) is 6.97. The van der Waals surface area contributed by atoms with Crippen molar-refractivity contribution in [2.45, 2.75) is 57.4 Å². The summed E-state index contributed by atoms with van der Waals surface area (Å²) in [5.74, 6) is 0.0424.